The van der Waals surface area contributed by atoms with Gasteiger partial charge in [-0.1, -0.05) is 23.7 Å². The van der Waals surface area contributed by atoms with Gasteiger partial charge < -0.3 is 3.79 Å². The molecule has 0 radical (unpaired) electrons. The minimum atomic E-state index is -0.774. The Balaban J connectivity index is 1.80. The quantitative estimate of drug-likeness (QED) is 0.479. The molecule has 0 aromatic carbocycles. The maximum Gasteiger partial charge on any atom is 0.453 e. The fourth-order valence-electron chi connectivity index (χ4n) is 2.40. The smallest absolute Gasteiger partial charge is 0.453 e. The van der Waals surface area contributed by atoms with Crippen LogP contribution >= 0.6 is 0 Å². The lowest BCUT2D eigenvalue weighted by Gasteiger charge is -2.19. The van der Waals surface area contributed by atoms with Crippen molar-refractivity contribution in [2.24, 2.45) is 17.8 Å². The van der Waals surface area contributed by atoms with Crippen molar-refractivity contribution in [3.63, 3.8) is 0 Å². The van der Waals surface area contributed by atoms with Crippen LogP contribution in [0.25, 0.3) is 0 Å². The highest BCUT2D eigenvalue weighted by Gasteiger charge is 2.35. The molecule has 0 heterocycles. The van der Waals surface area contributed by atoms with E-state index >= 15 is 0 Å². The molecule has 2 bridgehead atoms. The van der Waals surface area contributed by atoms with Crippen LogP contribution < -0.4 is 0 Å². The molecular weight excluding hydrogens is 163 g/mol. The molecule has 2 heteroatoms. The summed E-state index contributed by atoms with van der Waals surface area (Å²) in [5, 5.41) is 0. The largest absolute Gasteiger partial charge is 0.501 e. The number of rotatable bonds is 3. The second-order valence-corrected chi connectivity index (χ2v) is 6.85. The van der Waals surface area contributed by atoms with Crippen LogP contribution in [0.15, 0.2) is 12.2 Å². The van der Waals surface area contributed by atoms with Crippen molar-refractivity contribution in [1.29, 1.82) is 0 Å². The average Bonchev–Trinajstić information content (AvgIpc) is 2.60. The molecule has 1 saturated carbocycles. The molecule has 2 rings (SSSR count). The van der Waals surface area contributed by atoms with Crippen LogP contribution in [0.1, 0.15) is 12.8 Å². The van der Waals surface area contributed by atoms with Crippen molar-refractivity contribution in [3.8, 4) is 0 Å². The first-order valence-electron chi connectivity index (χ1n) is 5.05. The fourth-order valence-corrected chi connectivity index (χ4v) is 3.03. The van der Waals surface area contributed by atoms with Crippen molar-refractivity contribution in [2.45, 2.75) is 24.4 Å². The topological polar surface area (TPSA) is 9.23 Å². The molecular formula is C10H17AlO. The average molecular weight is 180 g/mol. The van der Waals surface area contributed by atoms with E-state index in [2.05, 4.69) is 23.7 Å². The van der Waals surface area contributed by atoms with E-state index in [0.29, 0.717) is 0 Å². The number of allylic oxidation sites excluding steroid dienone is 2. The van der Waals surface area contributed by atoms with E-state index in [-0.39, 0.29) is 0 Å². The SMILES string of the molecule is [CH3][Al]([CH3])[O]CC1C[C@@H]2C=C[C@H]1C2. The monoisotopic (exact) mass is 180 g/mol. The molecule has 66 valence electrons. The molecule has 0 amide bonds. The van der Waals surface area contributed by atoms with Crippen LogP contribution in [-0.4, -0.2) is 21.1 Å². The molecule has 0 saturated heterocycles. The second kappa shape index (κ2) is 3.54. The molecule has 0 N–H and O–H groups in total. The van der Waals surface area contributed by atoms with Gasteiger partial charge in [-0.05, 0) is 30.6 Å². The maximum atomic E-state index is 5.78. The highest BCUT2D eigenvalue weighted by Crippen LogP contribution is 2.43. The van der Waals surface area contributed by atoms with Crippen LogP contribution in [-0.2, 0) is 3.79 Å². The summed E-state index contributed by atoms with van der Waals surface area (Å²) in [6.07, 6.45) is 7.61. The third kappa shape index (κ3) is 1.76. The van der Waals surface area contributed by atoms with E-state index in [1.54, 1.807) is 0 Å². The Kier molecular flexibility index (Phi) is 2.60. The summed E-state index contributed by atoms with van der Waals surface area (Å²) in [6, 6.07) is 0. The lowest BCUT2D eigenvalue weighted by atomic mass is 9.95. The van der Waals surface area contributed by atoms with Crippen LogP contribution in [0.4, 0.5) is 0 Å². The van der Waals surface area contributed by atoms with Crippen LogP contribution in [0.5, 0.6) is 0 Å². The molecule has 0 spiro atoms. The minimum absolute atomic E-state index is 0.774. The summed E-state index contributed by atoms with van der Waals surface area (Å²) >= 11 is -0.774. The standard InChI is InChI=1S/C8H11O.2CH3.Al/c9-5-8-4-6-1-2-7(8)3-6;;;/h1-2,6-8H,3-5H2;2*1H3;/q-1;;;+1/t6-,7+,8?;;;/m1.../s1. The van der Waals surface area contributed by atoms with Gasteiger partial charge in [-0.25, -0.2) is 0 Å². The summed E-state index contributed by atoms with van der Waals surface area (Å²) in [5.41, 5.74) is 0. The first-order chi connectivity index (χ1) is 5.75. The Morgan fingerprint density at radius 2 is 2.17 bits per heavy atom. The van der Waals surface area contributed by atoms with E-state index in [4.69, 9.17) is 3.79 Å². The van der Waals surface area contributed by atoms with Crippen molar-refractivity contribution < 1.29 is 3.79 Å². The van der Waals surface area contributed by atoms with Crippen molar-refractivity contribution in [3.05, 3.63) is 12.2 Å². The molecule has 3 atom stereocenters. The lowest BCUT2D eigenvalue weighted by molar-refractivity contribution is 0.231. The summed E-state index contributed by atoms with van der Waals surface area (Å²) in [6.45, 7) is 1.04. The normalized spacial score (nSPS) is 37.7. The Morgan fingerprint density at radius 3 is 2.67 bits per heavy atom. The van der Waals surface area contributed by atoms with Gasteiger partial charge in [-0.2, -0.15) is 0 Å². The summed E-state index contributed by atoms with van der Waals surface area (Å²) in [4.78, 5) is 0. The lowest BCUT2D eigenvalue weighted by Crippen LogP contribution is -2.19. The van der Waals surface area contributed by atoms with E-state index < -0.39 is 14.5 Å². The van der Waals surface area contributed by atoms with Gasteiger partial charge in [0.15, 0.2) is 0 Å². The molecule has 1 unspecified atom stereocenters. The first-order valence-corrected chi connectivity index (χ1v) is 7.83. The maximum absolute atomic E-state index is 5.78. The van der Waals surface area contributed by atoms with E-state index in [1.807, 2.05) is 0 Å². The molecule has 1 fully saturated rings. The zero-order valence-corrected chi connectivity index (χ0v) is 9.15. The van der Waals surface area contributed by atoms with Crippen LogP contribution in [0, 0.1) is 17.8 Å². The fraction of sp³-hybridized carbons (Fsp3) is 0.800. The van der Waals surface area contributed by atoms with Crippen LogP contribution in [0.2, 0.25) is 11.6 Å². The van der Waals surface area contributed by atoms with Gasteiger partial charge in [0, 0.05) is 6.61 Å². The molecule has 0 aromatic heterocycles. The highest BCUT2D eigenvalue weighted by molar-refractivity contribution is 6.48. The predicted molar refractivity (Wildman–Crippen MR) is 52.3 cm³/mol. The Labute approximate surface area is 79.5 Å². The zero-order chi connectivity index (χ0) is 8.55. The predicted octanol–water partition coefficient (Wildman–Crippen LogP) is 2.47. The number of hydrogen-bond acceptors (Lipinski definition) is 1. The summed E-state index contributed by atoms with van der Waals surface area (Å²) in [7, 11) is 0. The van der Waals surface area contributed by atoms with Gasteiger partial charge in [0.25, 0.3) is 0 Å². The Hall–Kier alpha value is 0.232. The van der Waals surface area contributed by atoms with Gasteiger partial charge >= 0.3 is 14.5 Å². The molecule has 0 aliphatic heterocycles. The van der Waals surface area contributed by atoms with Crippen molar-refractivity contribution >= 4 is 14.5 Å². The summed E-state index contributed by atoms with van der Waals surface area (Å²) in [5.74, 6) is 7.13. The molecule has 1 nitrogen and oxygen atoms in total. The van der Waals surface area contributed by atoms with Gasteiger partial charge in [-0.3, -0.25) is 0 Å². The molecule has 12 heavy (non-hydrogen) atoms. The zero-order valence-electron chi connectivity index (χ0n) is 7.99. The molecule has 2 aliphatic carbocycles. The number of hydrogen-bond donors (Lipinski definition) is 0. The first kappa shape index (κ1) is 8.81. The van der Waals surface area contributed by atoms with E-state index in [1.165, 1.54) is 12.8 Å². The third-order valence-electron chi connectivity index (χ3n) is 3.06. The van der Waals surface area contributed by atoms with Gasteiger partial charge in [0.1, 0.15) is 0 Å². The van der Waals surface area contributed by atoms with Gasteiger partial charge in [0.2, 0.25) is 0 Å². The van der Waals surface area contributed by atoms with Crippen molar-refractivity contribution in [1.82, 2.24) is 0 Å². The van der Waals surface area contributed by atoms with E-state index in [9.17, 15) is 0 Å². The number of fused-ring (bicyclic) bond motifs is 2. The van der Waals surface area contributed by atoms with E-state index in [0.717, 1.165) is 24.4 Å². The Bertz CT molecular complexity index is 188. The summed E-state index contributed by atoms with van der Waals surface area (Å²) < 4.78 is 5.78. The van der Waals surface area contributed by atoms with Crippen LogP contribution in [0.3, 0.4) is 0 Å². The molecule has 0 aromatic rings. The third-order valence-corrected chi connectivity index (χ3v) is 3.92. The van der Waals surface area contributed by atoms with Gasteiger partial charge in [-0.15, -0.1) is 0 Å². The van der Waals surface area contributed by atoms with Crippen molar-refractivity contribution in [2.75, 3.05) is 6.61 Å². The highest BCUT2D eigenvalue weighted by atomic mass is 27.2. The second-order valence-electron chi connectivity index (χ2n) is 4.42. The van der Waals surface area contributed by atoms with Gasteiger partial charge in [0.05, 0.1) is 0 Å². The Morgan fingerprint density at radius 1 is 1.33 bits per heavy atom. The minimum Gasteiger partial charge on any atom is -0.501 e. The molecule has 2 aliphatic rings.